The van der Waals surface area contributed by atoms with E-state index in [-0.39, 0.29) is 12.4 Å². The van der Waals surface area contributed by atoms with E-state index in [2.05, 4.69) is 0 Å². The summed E-state index contributed by atoms with van der Waals surface area (Å²) in [5.74, 6) is 0.0972. The number of carbonyl (C=O) groups is 1. The van der Waals surface area contributed by atoms with E-state index < -0.39 is 0 Å². The molecule has 0 heterocycles. The maximum atomic E-state index is 11.8. The van der Waals surface area contributed by atoms with E-state index in [1.54, 1.807) is 0 Å². The molecule has 0 bridgehead atoms. The molecule has 0 saturated heterocycles. The molecule has 1 aliphatic rings. The van der Waals surface area contributed by atoms with E-state index in [0.717, 1.165) is 24.0 Å². The Labute approximate surface area is 90.3 Å². The molecule has 0 amide bonds. The van der Waals surface area contributed by atoms with Crippen molar-refractivity contribution in [2.75, 3.05) is 6.61 Å². The van der Waals surface area contributed by atoms with Gasteiger partial charge in [-0.1, -0.05) is 24.3 Å². The summed E-state index contributed by atoms with van der Waals surface area (Å²) in [7, 11) is 0. The molecule has 2 heteroatoms. The fourth-order valence-corrected chi connectivity index (χ4v) is 1.69. The highest BCUT2D eigenvalue weighted by Crippen LogP contribution is 2.22. The normalized spacial score (nSPS) is 16.1. The number of Topliss-reactive ketones (excluding diaryl/α,β-unsaturated/α-hetero) is 1. The lowest BCUT2D eigenvalue weighted by Gasteiger charge is -2.25. The molecule has 1 aromatic rings. The fraction of sp³-hybridized carbons (Fsp3) is 0.462. The smallest absolute Gasteiger partial charge is 0.188 e. The Morgan fingerprint density at radius 3 is 2.73 bits per heavy atom. The molecule has 1 saturated carbocycles. The van der Waals surface area contributed by atoms with Crippen LogP contribution in [0.15, 0.2) is 24.3 Å². The zero-order valence-corrected chi connectivity index (χ0v) is 9.03. The maximum absolute atomic E-state index is 11.8. The molecule has 1 fully saturated rings. The summed E-state index contributed by atoms with van der Waals surface area (Å²) in [5, 5.41) is 0. The van der Waals surface area contributed by atoms with Gasteiger partial charge in [0.15, 0.2) is 5.78 Å². The van der Waals surface area contributed by atoms with Crippen LogP contribution in [0, 0.1) is 6.92 Å². The van der Waals surface area contributed by atoms with Crippen LogP contribution in [0.25, 0.3) is 0 Å². The number of hydrogen-bond donors (Lipinski definition) is 0. The lowest BCUT2D eigenvalue weighted by atomic mass is 9.96. The van der Waals surface area contributed by atoms with E-state index >= 15 is 0 Å². The molecule has 1 aliphatic carbocycles. The SMILES string of the molecule is Cc1ccccc1C(=O)COC1CCC1. The highest BCUT2D eigenvalue weighted by molar-refractivity contribution is 5.98. The van der Waals surface area contributed by atoms with Crippen LogP contribution >= 0.6 is 0 Å². The average molecular weight is 204 g/mol. The van der Waals surface area contributed by atoms with Gasteiger partial charge in [-0.15, -0.1) is 0 Å². The van der Waals surface area contributed by atoms with E-state index in [1.807, 2.05) is 31.2 Å². The number of ketones is 1. The van der Waals surface area contributed by atoms with Gasteiger partial charge in [0.2, 0.25) is 0 Å². The van der Waals surface area contributed by atoms with Gasteiger partial charge in [0.25, 0.3) is 0 Å². The summed E-state index contributed by atoms with van der Waals surface area (Å²) in [6, 6.07) is 7.65. The minimum atomic E-state index is 0.0972. The molecule has 2 nitrogen and oxygen atoms in total. The zero-order chi connectivity index (χ0) is 10.7. The number of aryl methyl sites for hydroxylation is 1. The summed E-state index contributed by atoms with van der Waals surface area (Å²) in [5.41, 5.74) is 1.82. The molecular weight excluding hydrogens is 188 g/mol. The predicted molar refractivity (Wildman–Crippen MR) is 59.1 cm³/mol. The monoisotopic (exact) mass is 204 g/mol. The molecule has 0 N–H and O–H groups in total. The Bertz CT molecular complexity index is 353. The molecule has 0 aromatic heterocycles. The van der Waals surface area contributed by atoms with Gasteiger partial charge in [-0.25, -0.2) is 0 Å². The second-order valence-electron chi connectivity index (χ2n) is 4.10. The lowest BCUT2D eigenvalue weighted by molar-refractivity contribution is 0.00728. The number of rotatable bonds is 4. The van der Waals surface area contributed by atoms with Crippen LogP contribution in [-0.2, 0) is 4.74 Å². The van der Waals surface area contributed by atoms with Crippen molar-refractivity contribution in [2.45, 2.75) is 32.3 Å². The molecule has 80 valence electrons. The molecule has 0 radical (unpaired) electrons. The first-order valence-electron chi connectivity index (χ1n) is 5.48. The number of ether oxygens (including phenoxy) is 1. The fourth-order valence-electron chi connectivity index (χ4n) is 1.69. The first-order valence-corrected chi connectivity index (χ1v) is 5.48. The Hall–Kier alpha value is -1.15. The molecule has 15 heavy (non-hydrogen) atoms. The molecule has 1 aromatic carbocycles. The second kappa shape index (κ2) is 4.58. The summed E-state index contributed by atoms with van der Waals surface area (Å²) in [6.07, 6.45) is 3.80. The second-order valence-corrected chi connectivity index (χ2v) is 4.10. The van der Waals surface area contributed by atoms with Crippen LogP contribution < -0.4 is 0 Å². The first-order chi connectivity index (χ1) is 7.27. The van der Waals surface area contributed by atoms with Crippen molar-refractivity contribution in [3.8, 4) is 0 Å². The minimum absolute atomic E-state index is 0.0972. The van der Waals surface area contributed by atoms with Crippen molar-refractivity contribution in [1.82, 2.24) is 0 Å². The molecule has 0 spiro atoms. The Morgan fingerprint density at radius 2 is 2.13 bits per heavy atom. The lowest BCUT2D eigenvalue weighted by Crippen LogP contribution is -2.25. The van der Waals surface area contributed by atoms with Crippen molar-refractivity contribution >= 4 is 5.78 Å². The topological polar surface area (TPSA) is 26.3 Å². The van der Waals surface area contributed by atoms with E-state index in [1.165, 1.54) is 6.42 Å². The predicted octanol–water partition coefficient (Wildman–Crippen LogP) is 2.75. The Kier molecular flexibility index (Phi) is 3.17. The van der Waals surface area contributed by atoms with Crippen LogP contribution in [0.3, 0.4) is 0 Å². The largest absolute Gasteiger partial charge is 0.370 e. The van der Waals surface area contributed by atoms with Gasteiger partial charge >= 0.3 is 0 Å². The third-order valence-corrected chi connectivity index (χ3v) is 2.95. The van der Waals surface area contributed by atoms with Gasteiger partial charge in [-0.05, 0) is 31.7 Å². The standard InChI is InChI=1S/C13H16O2/c1-10-5-2-3-8-12(10)13(14)9-15-11-6-4-7-11/h2-3,5,8,11H,4,6-7,9H2,1H3. The van der Waals surface area contributed by atoms with Crippen molar-refractivity contribution in [3.63, 3.8) is 0 Å². The van der Waals surface area contributed by atoms with Gasteiger partial charge in [0.05, 0.1) is 6.10 Å². The Balaban J connectivity index is 1.92. The third-order valence-electron chi connectivity index (χ3n) is 2.95. The van der Waals surface area contributed by atoms with Crippen LogP contribution in [0.4, 0.5) is 0 Å². The number of benzene rings is 1. The highest BCUT2D eigenvalue weighted by Gasteiger charge is 2.19. The van der Waals surface area contributed by atoms with Crippen molar-refractivity contribution in [3.05, 3.63) is 35.4 Å². The highest BCUT2D eigenvalue weighted by atomic mass is 16.5. The van der Waals surface area contributed by atoms with Crippen molar-refractivity contribution in [1.29, 1.82) is 0 Å². The van der Waals surface area contributed by atoms with Gasteiger partial charge in [0, 0.05) is 5.56 Å². The maximum Gasteiger partial charge on any atom is 0.188 e. The summed E-state index contributed by atoms with van der Waals surface area (Å²) < 4.78 is 5.50. The van der Waals surface area contributed by atoms with Gasteiger partial charge < -0.3 is 4.74 Å². The van der Waals surface area contributed by atoms with Gasteiger partial charge in [-0.3, -0.25) is 4.79 Å². The summed E-state index contributed by atoms with van der Waals surface area (Å²) >= 11 is 0. The Morgan fingerprint density at radius 1 is 1.40 bits per heavy atom. The third kappa shape index (κ3) is 2.45. The van der Waals surface area contributed by atoms with E-state index in [9.17, 15) is 4.79 Å². The van der Waals surface area contributed by atoms with E-state index in [4.69, 9.17) is 4.74 Å². The minimum Gasteiger partial charge on any atom is -0.370 e. The molecular formula is C13H16O2. The van der Waals surface area contributed by atoms with Crippen LogP contribution in [0.2, 0.25) is 0 Å². The van der Waals surface area contributed by atoms with Crippen LogP contribution in [0.5, 0.6) is 0 Å². The average Bonchev–Trinajstić information content (AvgIpc) is 2.16. The van der Waals surface area contributed by atoms with Crippen LogP contribution in [-0.4, -0.2) is 18.5 Å². The summed E-state index contributed by atoms with van der Waals surface area (Å²) in [6.45, 7) is 2.19. The number of carbonyl (C=O) groups excluding carboxylic acids is 1. The molecule has 0 unspecified atom stereocenters. The quantitative estimate of drug-likeness (QED) is 0.705. The molecule has 2 rings (SSSR count). The zero-order valence-electron chi connectivity index (χ0n) is 9.03. The first kappa shape index (κ1) is 10.4. The van der Waals surface area contributed by atoms with Crippen molar-refractivity contribution < 1.29 is 9.53 Å². The van der Waals surface area contributed by atoms with Gasteiger partial charge in [0.1, 0.15) is 6.61 Å². The summed E-state index contributed by atoms with van der Waals surface area (Å²) in [4.78, 5) is 11.8. The van der Waals surface area contributed by atoms with Crippen LogP contribution in [0.1, 0.15) is 35.2 Å². The van der Waals surface area contributed by atoms with Crippen molar-refractivity contribution in [2.24, 2.45) is 0 Å². The molecule has 0 atom stereocenters. The van der Waals surface area contributed by atoms with Gasteiger partial charge in [-0.2, -0.15) is 0 Å². The molecule has 0 aliphatic heterocycles. The number of hydrogen-bond acceptors (Lipinski definition) is 2. The van der Waals surface area contributed by atoms with E-state index in [0.29, 0.717) is 6.10 Å².